The van der Waals surface area contributed by atoms with E-state index in [9.17, 15) is 30.0 Å². The van der Waals surface area contributed by atoms with Crippen LogP contribution in [0.15, 0.2) is 48.8 Å². The molecule has 10 atom stereocenters. The van der Waals surface area contributed by atoms with Crippen molar-refractivity contribution in [2.75, 3.05) is 14.2 Å². The molecule has 5 aromatic rings. The van der Waals surface area contributed by atoms with Gasteiger partial charge in [0, 0.05) is 23.3 Å². The second-order valence-electron chi connectivity index (χ2n) is 12.8. The molecular weight excluding hydrogens is 630 g/mol. The van der Waals surface area contributed by atoms with Crippen LogP contribution in [0, 0.1) is 6.92 Å². The number of benzene rings is 3. The molecule has 0 amide bonds. The summed E-state index contributed by atoms with van der Waals surface area (Å²) in [6.45, 7) is 6.31. The number of nitrogens with one attached hydrogen (secondary N) is 1. The van der Waals surface area contributed by atoms with Gasteiger partial charge in [-0.25, -0.2) is 9.59 Å². The van der Waals surface area contributed by atoms with Crippen molar-refractivity contribution in [3.63, 3.8) is 0 Å². The maximum Gasteiger partial charge on any atom is 0.348 e. The molecule has 2 fully saturated rings. The highest BCUT2D eigenvalue weighted by Gasteiger charge is 2.56. The zero-order valence-corrected chi connectivity index (χ0v) is 27.0. The minimum absolute atomic E-state index is 0.0286. The number of methoxy groups -OCH3 is 1. The van der Waals surface area contributed by atoms with Crippen LogP contribution in [0.2, 0.25) is 0 Å². The zero-order chi connectivity index (χ0) is 34.4. The lowest BCUT2D eigenvalue weighted by Gasteiger charge is -2.50. The molecule has 0 spiro atoms. The summed E-state index contributed by atoms with van der Waals surface area (Å²) in [4.78, 5) is 26.6. The summed E-state index contributed by atoms with van der Waals surface area (Å²) in [6.07, 6.45) is -8.75. The van der Waals surface area contributed by atoms with Gasteiger partial charge in [0.05, 0.1) is 29.0 Å². The second-order valence-corrected chi connectivity index (χ2v) is 12.8. The van der Waals surface area contributed by atoms with Gasteiger partial charge in [0.15, 0.2) is 18.0 Å². The highest BCUT2D eigenvalue weighted by atomic mass is 16.7. The van der Waals surface area contributed by atoms with Crippen molar-refractivity contribution in [3.05, 3.63) is 56.7 Å². The normalized spacial score (nSPS) is 32.9. The maximum absolute atomic E-state index is 13.4. The maximum atomic E-state index is 13.4. The van der Waals surface area contributed by atoms with E-state index in [4.69, 9.17) is 32.5 Å². The minimum atomic E-state index is -1.96. The average Bonchev–Trinajstić information content (AvgIpc) is 3.04. The van der Waals surface area contributed by atoms with E-state index in [2.05, 4.69) is 5.32 Å². The van der Waals surface area contributed by atoms with Crippen LogP contribution in [0.25, 0.3) is 43.5 Å². The lowest BCUT2D eigenvalue weighted by atomic mass is 9.86. The predicted molar refractivity (Wildman–Crippen MR) is 172 cm³/mol. The van der Waals surface area contributed by atoms with Gasteiger partial charge in [0.25, 0.3) is 0 Å². The number of phenols is 1. The van der Waals surface area contributed by atoms with E-state index in [1.165, 1.54) is 20.1 Å². The number of aryl methyl sites for hydroxylation is 1. The highest BCUT2D eigenvalue weighted by molar-refractivity contribution is 6.28. The first kappa shape index (κ1) is 32.7. The Morgan fingerprint density at radius 3 is 2.31 bits per heavy atom. The van der Waals surface area contributed by atoms with E-state index in [1.54, 1.807) is 52.1 Å². The van der Waals surface area contributed by atoms with Crippen molar-refractivity contribution in [1.29, 1.82) is 0 Å². The molecule has 5 N–H and O–H groups in total. The van der Waals surface area contributed by atoms with Crippen molar-refractivity contribution in [3.8, 4) is 11.5 Å². The summed E-state index contributed by atoms with van der Waals surface area (Å²) >= 11 is 0. The van der Waals surface area contributed by atoms with Gasteiger partial charge in [-0.3, -0.25) is 0 Å². The number of aliphatic hydroxyl groups is 3. The Morgan fingerprint density at radius 1 is 0.896 bits per heavy atom. The van der Waals surface area contributed by atoms with Crippen molar-refractivity contribution < 1.29 is 52.9 Å². The van der Waals surface area contributed by atoms with Crippen molar-refractivity contribution in [2.24, 2.45) is 0 Å². The van der Waals surface area contributed by atoms with Crippen LogP contribution in [-0.4, -0.2) is 95.4 Å². The molecule has 4 heterocycles. The van der Waals surface area contributed by atoms with Crippen molar-refractivity contribution in [2.45, 2.75) is 88.5 Å². The summed E-state index contributed by atoms with van der Waals surface area (Å²) in [5.41, 5.74) is -2.77. The van der Waals surface area contributed by atoms with E-state index in [1.807, 2.05) is 0 Å². The molecule has 48 heavy (non-hydrogen) atoms. The Labute approximate surface area is 272 Å². The molecule has 14 nitrogen and oxygen atoms in total. The molecule has 0 bridgehead atoms. The lowest BCUT2D eigenvalue weighted by molar-refractivity contribution is -0.358. The van der Waals surface area contributed by atoms with Crippen LogP contribution in [0.5, 0.6) is 11.5 Å². The standard InChI is InChI=1S/C34H37NO13/c1-12-10-11-17-20-18(12)30(39)47-26-19-15(25(37)22(21(20)26)31(40)45-17)8-7-9-16(19)46-33-29(34(4,41)28(38)14(3)44-33)48-32-23(35-5)27(42-6)24(36)13(2)43-32/h7-11,13-14,23-24,27-29,32-33,35-38,41H,1-6H3/t13-,14-,23-,24+,27-,28+,29+,32?,33+,34+/m1/s1. The molecule has 14 heteroatoms. The summed E-state index contributed by atoms with van der Waals surface area (Å²) in [5.74, 6) is -0.356. The number of aromatic hydroxyl groups is 1. The number of hydrogen-bond donors (Lipinski definition) is 5. The van der Waals surface area contributed by atoms with Crippen LogP contribution in [0.4, 0.5) is 0 Å². The van der Waals surface area contributed by atoms with Crippen LogP contribution >= 0.6 is 0 Å². The Morgan fingerprint density at radius 2 is 1.60 bits per heavy atom. The molecule has 0 radical (unpaired) electrons. The third-order valence-electron chi connectivity index (χ3n) is 9.81. The Bertz CT molecular complexity index is 2140. The van der Waals surface area contributed by atoms with Crippen molar-refractivity contribution in [1.82, 2.24) is 5.32 Å². The van der Waals surface area contributed by atoms with Crippen LogP contribution < -0.4 is 21.3 Å². The monoisotopic (exact) mass is 667 g/mol. The molecule has 0 saturated carbocycles. The molecule has 7 rings (SSSR count). The number of aliphatic hydroxyl groups excluding tert-OH is 2. The van der Waals surface area contributed by atoms with E-state index in [0.717, 1.165) is 0 Å². The summed E-state index contributed by atoms with van der Waals surface area (Å²) < 4.78 is 41.8. The number of likely N-dealkylation sites (N-methyl/N-ethyl adjacent to an activating group) is 1. The Hall–Kier alpha value is -3.86. The molecule has 2 saturated heterocycles. The van der Waals surface area contributed by atoms with Gasteiger partial charge in [0.1, 0.15) is 46.4 Å². The van der Waals surface area contributed by atoms with Gasteiger partial charge >= 0.3 is 11.3 Å². The van der Waals surface area contributed by atoms with E-state index < -0.39 is 77.8 Å². The highest BCUT2D eigenvalue weighted by Crippen LogP contribution is 2.46. The van der Waals surface area contributed by atoms with Gasteiger partial charge in [-0.2, -0.15) is 0 Å². The smallest absolute Gasteiger partial charge is 0.348 e. The third kappa shape index (κ3) is 4.70. The molecule has 2 aliphatic heterocycles. The van der Waals surface area contributed by atoms with Crippen LogP contribution in [0.3, 0.4) is 0 Å². The SMILES string of the molecule is CN[C@H]1C(O[C@H]2[C@H](Oc3cccc4c(O)c5c(=O)oc6ccc(C)c7c(=O)oc(c34)c5c67)O[C@H](C)[C@H](O)[C@]2(C)O)O[C@H](C)[C@H](O)[C@@H]1OC. The lowest BCUT2D eigenvalue weighted by Crippen LogP contribution is -2.69. The average molecular weight is 668 g/mol. The fourth-order valence-corrected chi connectivity index (χ4v) is 7.22. The Balaban J connectivity index is 1.40. The second kappa shape index (κ2) is 11.6. The van der Waals surface area contributed by atoms with Crippen molar-refractivity contribution >= 4 is 43.5 Å². The molecule has 2 aromatic heterocycles. The largest absolute Gasteiger partial charge is 0.506 e. The van der Waals surface area contributed by atoms with Crippen LogP contribution in [0.1, 0.15) is 26.3 Å². The first-order chi connectivity index (χ1) is 22.8. The van der Waals surface area contributed by atoms with E-state index in [-0.39, 0.29) is 43.8 Å². The topological polar surface area (TPSA) is 200 Å². The van der Waals surface area contributed by atoms with Gasteiger partial charge in [-0.05, 0) is 52.4 Å². The molecular formula is C34H37NO13. The fourth-order valence-electron chi connectivity index (χ4n) is 7.22. The van der Waals surface area contributed by atoms with Gasteiger partial charge in [-0.15, -0.1) is 0 Å². The predicted octanol–water partition coefficient (Wildman–Crippen LogP) is 1.99. The Kier molecular flexibility index (Phi) is 7.92. The minimum Gasteiger partial charge on any atom is -0.506 e. The summed E-state index contributed by atoms with van der Waals surface area (Å²) in [6, 6.07) is 7.14. The number of fused-ring (bicyclic) bond motifs is 2. The first-order valence-electron chi connectivity index (χ1n) is 15.6. The number of ether oxygens (including phenoxy) is 5. The molecule has 1 unspecified atom stereocenters. The molecule has 3 aromatic carbocycles. The summed E-state index contributed by atoms with van der Waals surface area (Å²) in [7, 11) is 3.08. The van der Waals surface area contributed by atoms with Gasteiger partial charge in [-0.1, -0.05) is 18.2 Å². The quantitative estimate of drug-likeness (QED) is 0.100. The van der Waals surface area contributed by atoms with Gasteiger partial charge in [0.2, 0.25) is 6.29 Å². The zero-order valence-electron chi connectivity index (χ0n) is 27.0. The number of rotatable bonds is 6. The number of phenolic OH excluding ortho intramolecular Hbond substituents is 1. The molecule has 0 aliphatic carbocycles. The fraction of sp³-hybridized carbons (Fsp3) is 0.471. The molecule has 256 valence electrons. The summed E-state index contributed by atoms with van der Waals surface area (Å²) in [5, 5.41) is 48.8. The molecule has 2 aliphatic rings. The number of hydrogen-bond acceptors (Lipinski definition) is 14. The van der Waals surface area contributed by atoms with E-state index >= 15 is 0 Å². The van der Waals surface area contributed by atoms with Crippen LogP contribution in [-0.2, 0) is 18.9 Å². The van der Waals surface area contributed by atoms with Gasteiger partial charge < -0.3 is 58.3 Å². The third-order valence-corrected chi connectivity index (χ3v) is 9.81. The first-order valence-corrected chi connectivity index (χ1v) is 15.6. The van der Waals surface area contributed by atoms with E-state index in [0.29, 0.717) is 10.9 Å².